The summed E-state index contributed by atoms with van der Waals surface area (Å²) in [5.74, 6) is 0.513. The van der Waals surface area contributed by atoms with E-state index in [2.05, 4.69) is 67.7 Å². The van der Waals surface area contributed by atoms with Gasteiger partial charge in [-0.15, -0.1) is 0 Å². The van der Waals surface area contributed by atoms with E-state index in [-0.39, 0.29) is 71.5 Å². The molecule has 0 radical (unpaired) electrons. The van der Waals surface area contributed by atoms with Crippen molar-refractivity contribution in [3.05, 3.63) is 83.2 Å². The average Bonchev–Trinajstić information content (AvgIpc) is 4.00. The molecule has 6 N–H and O–H groups in total. The number of nitrogens with zero attached hydrogens (tertiary/aromatic N) is 7. The molecule has 5 heterocycles. The molecule has 2 saturated heterocycles. The van der Waals surface area contributed by atoms with Crippen LogP contribution in [0.3, 0.4) is 0 Å². The van der Waals surface area contributed by atoms with E-state index in [1.807, 2.05) is 32.0 Å². The number of sulfone groups is 1. The fourth-order valence-electron chi connectivity index (χ4n) is 11.0. The summed E-state index contributed by atoms with van der Waals surface area (Å²) in [6, 6.07) is 8.39. The van der Waals surface area contributed by atoms with E-state index in [1.54, 1.807) is 58.0 Å². The molecule has 0 bridgehead atoms. The maximum absolute atomic E-state index is 14.8. The van der Waals surface area contributed by atoms with E-state index in [9.17, 15) is 27.6 Å². The first-order chi connectivity index (χ1) is 36.4. The fraction of sp³-hybridized carbons (Fsp3) is 0.545. The van der Waals surface area contributed by atoms with Crippen LogP contribution in [0.2, 0.25) is 0 Å². The molecular formula is C55H73N13O7S. The number of H-pyrrole nitrogens is 1. The molecule has 76 heavy (non-hydrogen) atoms. The Morgan fingerprint density at radius 2 is 1.66 bits per heavy atom. The molecule has 0 spiro atoms. The minimum Gasteiger partial charge on any atom is -0.492 e. The third kappa shape index (κ3) is 11.6. The van der Waals surface area contributed by atoms with Crippen LogP contribution < -0.4 is 36.2 Å². The van der Waals surface area contributed by atoms with Gasteiger partial charge in [0, 0.05) is 48.4 Å². The average molecular weight is 1060 g/mol. The minimum atomic E-state index is -3.87. The smallest absolute Gasteiger partial charge is 0.271 e. The van der Waals surface area contributed by atoms with E-state index < -0.39 is 44.7 Å². The minimum absolute atomic E-state index is 0.0612. The van der Waals surface area contributed by atoms with Crippen molar-refractivity contribution in [1.29, 1.82) is 0 Å². The molecule has 4 amide bonds. The number of nitrogens with one attached hydrogen (secondary N) is 6. The van der Waals surface area contributed by atoms with E-state index in [1.165, 1.54) is 18.1 Å². The van der Waals surface area contributed by atoms with Crippen LogP contribution in [0.15, 0.2) is 60.0 Å². The molecule has 4 aliphatic rings. The maximum Gasteiger partial charge on any atom is 0.271 e. The first-order valence-corrected chi connectivity index (χ1v) is 28.4. The van der Waals surface area contributed by atoms with Crippen molar-refractivity contribution in [2.75, 3.05) is 43.5 Å². The van der Waals surface area contributed by atoms with Gasteiger partial charge in [0.1, 0.15) is 46.4 Å². The predicted molar refractivity (Wildman–Crippen MR) is 289 cm³/mol. The number of anilines is 3. The van der Waals surface area contributed by atoms with Gasteiger partial charge in [-0.2, -0.15) is 5.10 Å². The molecule has 1 saturated carbocycles. The zero-order valence-electron chi connectivity index (χ0n) is 44.7. The lowest BCUT2D eigenvalue weighted by atomic mass is 9.83. The highest BCUT2D eigenvalue weighted by molar-refractivity contribution is 7.92. The summed E-state index contributed by atoms with van der Waals surface area (Å²) in [6.45, 7) is 12.2. The zero-order valence-corrected chi connectivity index (χ0v) is 45.6. The van der Waals surface area contributed by atoms with Crippen molar-refractivity contribution >= 4 is 61.8 Å². The van der Waals surface area contributed by atoms with E-state index >= 15 is 0 Å². The fourth-order valence-corrected chi connectivity index (χ4v) is 12.3. The highest BCUT2D eigenvalue weighted by Gasteiger charge is 2.45. The maximum atomic E-state index is 14.8. The normalized spacial score (nSPS) is 20.4. The van der Waals surface area contributed by atoms with Crippen molar-refractivity contribution < 1.29 is 32.3 Å². The molecule has 2 aliphatic carbocycles. The quantitative estimate of drug-likeness (QED) is 0.0669. The van der Waals surface area contributed by atoms with E-state index in [0.717, 1.165) is 81.0 Å². The first kappa shape index (κ1) is 54.1. The Bertz CT molecular complexity index is 3040. The number of likely N-dealkylation sites (tertiary alicyclic amines) is 1. The molecule has 3 fully saturated rings. The van der Waals surface area contributed by atoms with Crippen molar-refractivity contribution in [3.8, 4) is 5.75 Å². The van der Waals surface area contributed by atoms with Gasteiger partial charge in [0.2, 0.25) is 17.7 Å². The summed E-state index contributed by atoms with van der Waals surface area (Å²) in [4.78, 5) is 78.4. The lowest BCUT2D eigenvalue weighted by Crippen LogP contribution is -2.58. The van der Waals surface area contributed by atoms with Gasteiger partial charge in [-0.1, -0.05) is 43.5 Å². The number of amides is 4. The van der Waals surface area contributed by atoms with Gasteiger partial charge in [-0.25, -0.2) is 28.4 Å². The van der Waals surface area contributed by atoms with Gasteiger partial charge >= 0.3 is 0 Å². The molecule has 3 aromatic heterocycles. The molecule has 21 heteroatoms. The Labute approximate surface area is 445 Å². The van der Waals surface area contributed by atoms with Crippen LogP contribution in [0.5, 0.6) is 5.75 Å². The number of aryl methyl sites for hydroxylation is 2. The second kappa shape index (κ2) is 22.8. The summed E-state index contributed by atoms with van der Waals surface area (Å²) in [7, 11) is -2.18. The number of likely N-dealkylation sites (N-methyl/N-ethyl adjacent to an activating group) is 1. The Hall–Kier alpha value is -6.74. The molecule has 2 aliphatic heterocycles. The van der Waals surface area contributed by atoms with Crippen LogP contribution >= 0.6 is 0 Å². The van der Waals surface area contributed by atoms with Gasteiger partial charge in [-0.3, -0.25) is 24.3 Å². The summed E-state index contributed by atoms with van der Waals surface area (Å²) >= 11 is 0. The molecular weight excluding hydrogens is 987 g/mol. The molecule has 5 atom stereocenters. The van der Waals surface area contributed by atoms with E-state index in [4.69, 9.17) is 4.74 Å². The number of ether oxygens (including phenoxy) is 1. The largest absolute Gasteiger partial charge is 0.492 e. The van der Waals surface area contributed by atoms with Gasteiger partial charge in [0.25, 0.3) is 5.91 Å². The molecule has 9 rings (SSSR count). The number of carbonyl (C=O) groups excluding carboxylic acids is 4. The highest BCUT2D eigenvalue weighted by atomic mass is 32.2. The van der Waals surface area contributed by atoms with Crippen LogP contribution in [0.1, 0.15) is 131 Å². The molecule has 20 nitrogen and oxygen atoms in total. The number of fused-ring (bicyclic) bond motifs is 2. The highest BCUT2D eigenvalue weighted by Crippen LogP contribution is 2.39. The van der Waals surface area contributed by atoms with Crippen LogP contribution in [-0.2, 0) is 30.6 Å². The Kier molecular flexibility index (Phi) is 16.3. The lowest BCUT2D eigenvalue weighted by Gasteiger charge is -2.35. The molecule has 406 valence electrons. The second-order valence-electron chi connectivity index (χ2n) is 22.1. The first-order valence-electron chi connectivity index (χ1n) is 26.9. The summed E-state index contributed by atoms with van der Waals surface area (Å²) in [5, 5.41) is 23.4. The Morgan fingerprint density at radius 1 is 0.895 bits per heavy atom. The van der Waals surface area contributed by atoms with Gasteiger partial charge in [-0.05, 0) is 129 Å². The number of aromatic nitrogens is 6. The second-order valence-corrected chi connectivity index (χ2v) is 24.7. The number of piperidine rings is 1. The monoisotopic (exact) mass is 1060 g/mol. The number of hydrogen-bond acceptors (Lipinski definition) is 15. The predicted octanol–water partition coefficient (Wildman–Crippen LogP) is 5.94. The van der Waals surface area contributed by atoms with Gasteiger partial charge in [0.05, 0.1) is 41.3 Å². The third-order valence-corrected chi connectivity index (χ3v) is 18.5. The number of hydrogen-bond donors (Lipinski definition) is 6. The van der Waals surface area contributed by atoms with Crippen molar-refractivity contribution in [2.45, 2.75) is 152 Å². The third-order valence-electron chi connectivity index (χ3n) is 16.0. The summed E-state index contributed by atoms with van der Waals surface area (Å²) in [5.41, 5.74) is 4.71. The van der Waals surface area contributed by atoms with Crippen LogP contribution in [-0.4, -0.2) is 129 Å². The van der Waals surface area contributed by atoms with Crippen LogP contribution in [0.25, 0.3) is 10.9 Å². The molecule has 5 aromatic rings. The zero-order chi connectivity index (χ0) is 53.9. The number of rotatable bonds is 16. The Balaban J connectivity index is 0.851. The number of aromatic amines is 1. The molecule has 0 unspecified atom stereocenters. The van der Waals surface area contributed by atoms with Crippen molar-refractivity contribution in [3.63, 3.8) is 0 Å². The summed E-state index contributed by atoms with van der Waals surface area (Å²) in [6.07, 6.45) is 13.3. The number of benzene rings is 2. The van der Waals surface area contributed by atoms with Crippen LogP contribution in [0, 0.1) is 25.7 Å². The lowest BCUT2D eigenvalue weighted by molar-refractivity contribution is -0.143. The van der Waals surface area contributed by atoms with Gasteiger partial charge < -0.3 is 41.1 Å². The standard InChI is InChI=1S/C55H73N13O7S/c1-32-33(2)65-66-49(32)64-50-40-25-46(76(73,74)55(4,5)6)45(26-42(40)59-31-60-50)75-30-35-20-22-67(23-21-35)47-28-57-43(27-58-47)52(70)61-38-24-44(53(71)62-41-19-13-17-36-14-11-12-18-39(36)41)68(29-38)54(72)48(37-15-9-8-10-16-37)63-51(69)34(3)56-7/h11-12,14,18,25-28,31,34-35,37-38,41,44,48,56H,8-10,13,15-17,19-24,29-30H2,1-7H3,(H,61,70)(H,62,71)(H,63,69)(H2,59,60,64,65,66)/t34-,38-,41+,44-,48-/m0/s1. The van der Waals surface area contributed by atoms with E-state index in [0.29, 0.717) is 41.4 Å². The SMILES string of the molecule is CN[C@@H](C)C(=O)N[C@H](C(=O)N1C[C@@H](NC(=O)c2cnc(N3CCC(COc4cc5ncnc(Nc6n[nH]c(C)c6C)c5cc4S(=O)(=O)C(C)(C)C)CC3)cn2)C[C@H]1C(=O)N[C@@H]1CCCc2ccccc21)C1CCCCC1. The Morgan fingerprint density at radius 3 is 2.36 bits per heavy atom. The number of carbonyl (C=O) groups is 4. The van der Waals surface area contributed by atoms with Crippen molar-refractivity contribution in [1.82, 2.24) is 56.3 Å². The molecule has 2 aromatic carbocycles. The summed E-state index contributed by atoms with van der Waals surface area (Å²) < 4.78 is 33.5. The van der Waals surface area contributed by atoms with Crippen molar-refractivity contribution in [2.24, 2.45) is 11.8 Å². The topological polar surface area (TPSA) is 259 Å². The van der Waals surface area contributed by atoms with Gasteiger partial charge in [0.15, 0.2) is 15.7 Å². The van der Waals surface area contributed by atoms with Crippen LogP contribution in [0.4, 0.5) is 17.5 Å².